The maximum Gasteiger partial charge on any atom is 0.156 e. The molecule has 5 rings (SSSR count). The third kappa shape index (κ3) is 3.86. The van der Waals surface area contributed by atoms with Crippen molar-refractivity contribution in [2.24, 2.45) is 5.73 Å². The zero-order valence-corrected chi connectivity index (χ0v) is 17.1. The minimum atomic E-state index is 0.523. The molecule has 156 valence electrons. The van der Waals surface area contributed by atoms with Crippen LogP contribution < -0.4 is 21.5 Å². The zero-order chi connectivity index (χ0) is 21.8. The molecule has 0 bridgehead atoms. The summed E-state index contributed by atoms with van der Waals surface area (Å²) in [7, 11) is 1.50. The van der Waals surface area contributed by atoms with Crippen molar-refractivity contribution in [3.63, 3.8) is 0 Å². The third-order valence-corrected chi connectivity index (χ3v) is 4.93. The van der Waals surface area contributed by atoms with Gasteiger partial charge < -0.3 is 21.5 Å². The average Bonchev–Trinajstić information content (AvgIpc) is 3.21. The number of fused-ring (bicyclic) bond motifs is 3. The number of hydrogen-bond acceptors (Lipinski definition) is 6. The number of aromatic nitrogens is 2. The Morgan fingerprint density at radius 1 is 1.00 bits per heavy atom. The number of rotatable bonds is 4. The van der Waals surface area contributed by atoms with E-state index < -0.39 is 0 Å². The number of nitrogens with zero attached hydrogens (tertiary/aromatic N) is 2. The minimum absolute atomic E-state index is 0.523. The molecule has 0 saturated carbocycles. The van der Waals surface area contributed by atoms with E-state index >= 15 is 0 Å². The highest BCUT2D eigenvalue weighted by molar-refractivity contribution is 5.93. The minimum Gasteiger partial charge on any atom is -0.457 e. The predicted octanol–water partition coefficient (Wildman–Crippen LogP) is 4.23. The fourth-order valence-corrected chi connectivity index (χ4v) is 3.51. The molecule has 1 aromatic heterocycles. The fourth-order valence-electron chi connectivity index (χ4n) is 3.51. The lowest BCUT2D eigenvalue weighted by Crippen LogP contribution is -2.16. The lowest BCUT2D eigenvalue weighted by Gasteiger charge is -2.20. The fraction of sp³-hybridized carbons (Fsp3) is 0.0833. The molecule has 0 spiro atoms. The molecule has 2 heterocycles. The summed E-state index contributed by atoms with van der Waals surface area (Å²) in [5.74, 6) is 2.16. The highest BCUT2D eigenvalue weighted by atomic mass is 16.5. The van der Waals surface area contributed by atoms with E-state index in [0.29, 0.717) is 35.1 Å². The second-order valence-electron chi connectivity index (χ2n) is 6.82. The van der Waals surface area contributed by atoms with Crippen LogP contribution in [0.4, 0.5) is 11.5 Å². The van der Waals surface area contributed by atoms with Gasteiger partial charge in [-0.2, -0.15) is 5.10 Å². The summed E-state index contributed by atoms with van der Waals surface area (Å²) in [6.45, 7) is 0.617. The van der Waals surface area contributed by atoms with Gasteiger partial charge in [0.05, 0.1) is 11.3 Å². The van der Waals surface area contributed by atoms with E-state index in [9.17, 15) is 4.79 Å². The lowest BCUT2D eigenvalue weighted by atomic mass is 10.1. The summed E-state index contributed by atoms with van der Waals surface area (Å²) < 4.78 is 7.60. The molecule has 0 unspecified atom stereocenters. The quantitative estimate of drug-likeness (QED) is 0.341. The van der Waals surface area contributed by atoms with Crippen LogP contribution >= 0.6 is 0 Å². The van der Waals surface area contributed by atoms with Gasteiger partial charge in [-0.15, -0.1) is 0 Å². The van der Waals surface area contributed by atoms with Gasteiger partial charge in [0.15, 0.2) is 6.29 Å². The molecule has 0 radical (unpaired) electrons. The van der Waals surface area contributed by atoms with Gasteiger partial charge in [-0.25, -0.2) is 4.68 Å². The van der Waals surface area contributed by atoms with Crippen LogP contribution in [0.15, 0.2) is 72.8 Å². The van der Waals surface area contributed by atoms with Crippen LogP contribution in [0.5, 0.6) is 11.5 Å². The molecule has 3 aromatic carbocycles. The first-order chi connectivity index (χ1) is 15.2. The second kappa shape index (κ2) is 8.73. The molecule has 4 aromatic rings. The maximum atomic E-state index is 11.9. The number of carbonyl (C=O) groups is 1. The average molecular weight is 413 g/mol. The van der Waals surface area contributed by atoms with Crippen LogP contribution in [0, 0.1) is 0 Å². The monoisotopic (exact) mass is 413 g/mol. The number of carbonyl (C=O) groups excluding carboxylic acids is 1. The van der Waals surface area contributed by atoms with Crippen molar-refractivity contribution in [3.05, 3.63) is 83.9 Å². The van der Waals surface area contributed by atoms with Gasteiger partial charge in [0, 0.05) is 17.8 Å². The van der Waals surface area contributed by atoms with Crippen LogP contribution in [0.3, 0.4) is 0 Å². The maximum absolute atomic E-state index is 11.9. The number of ether oxygens (including phenoxy) is 1. The van der Waals surface area contributed by atoms with Gasteiger partial charge in [-0.3, -0.25) is 4.79 Å². The second-order valence-corrected chi connectivity index (χ2v) is 6.82. The van der Waals surface area contributed by atoms with Gasteiger partial charge >= 0.3 is 0 Å². The van der Waals surface area contributed by atoms with E-state index in [0.717, 1.165) is 28.8 Å². The van der Waals surface area contributed by atoms with E-state index in [1.54, 1.807) is 4.68 Å². The first-order valence-corrected chi connectivity index (χ1v) is 9.85. The highest BCUT2D eigenvalue weighted by Gasteiger charge is 2.24. The Hall–Kier alpha value is -4.10. The van der Waals surface area contributed by atoms with Crippen molar-refractivity contribution in [2.75, 3.05) is 18.1 Å². The molecule has 0 aliphatic carbocycles. The summed E-state index contributed by atoms with van der Waals surface area (Å²) in [6, 6.07) is 22.8. The molecule has 5 N–H and O–H groups in total. The first kappa shape index (κ1) is 20.2. The summed E-state index contributed by atoms with van der Waals surface area (Å²) in [5, 5.41) is 8.01. The Balaban J connectivity index is 0.00000112. The van der Waals surface area contributed by atoms with Gasteiger partial charge in [-0.05, 0) is 61.1 Å². The van der Waals surface area contributed by atoms with Crippen LogP contribution in [-0.2, 0) is 6.54 Å². The molecule has 0 fully saturated rings. The van der Waals surface area contributed by atoms with E-state index in [2.05, 4.69) is 11.1 Å². The van der Waals surface area contributed by atoms with Crippen molar-refractivity contribution in [3.8, 4) is 28.4 Å². The molecule has 31 heavy (non-hydrogen) atoms. The Morgan fingerprint density at radius 3 is 2.42 bits per heavy atom. The van der Waals surface area contributed by atoms with Gasteiger partial charge in [0.1, 0.15) is 23.0 Å². The first-order valence-electron chi connectivity index (χ1n) is 9.85. The molecule has 0 atom stereocenters. The molecule has 0 amide bonds. The number of nitrogens with one attached hydrogen (secondary N) is 1. The number of nitrogens with two attached hydrogens (primary N) is 2. The van der Waals surface area contributed by atoms with Crippen LogP contribution in [-0.4, -0.2) is 23.1 Å². The number of para-hydroxylation sites is 1. The Labute approximate surface area is 180 Å². The molecule has 7 nitrogen and oxygen atoms in total. The van der Waals surface area contributed by atoms with Gasteiger partial charge in [0.2, 0.25) is 0 Å². The number of nitrogen functional groups attached to an aromatic ring is 1. The van der Waals surface area contributed by atoms with Crippen molar-refractivity contribution in [1.29, 1.82) is 0 Å². The number of aldehydes is 1. The lowest BCUT2D eigenvalue weighted by molar-refractivity contribution is 0.112. The molecule has 0 saturated heterocycles. The van der Waals surface area contributed by atoms with E-state index in [-0.39, 0.29) is 0 Å². The number of hydrogen-bond donors (Lipinski definition) is 3. The predicted molar refractivity (Wildman–Crippen MR) is 123 cm³/mol. The van der Waals surface area contributed by atoms with Crippen LogP contribution in [0.2, 0.25) is 0 Å². The summed E-state index contributed by atoms with van der Waals surface area (Å²) in [5.41, 5.74) is 15.1. The van der Waals surface area contributed by atoms with Crippen LogP contribution in [0.25, 0.3) is 16.9 Å². The molecule has 1 aliphatic rings. The van der Waals surface area contributed by atoms with Crippen molar-refractivity contribution >= 4 is 17.8 Å². The Kier molecular flexibility index (Phi) is 5.68. The molecular weight excluding hydrogens is 390 g/mol. The van der Waals surface area contributed by atoms with E-state index in [1.165, 1.54) is 7.05 Å². The highest BCUT2D eigenvalue weighted by Crippen LogP contribution is 2.35. The largest absolute Gasteiger partial charge is 0.457 e. The van der Waals surface area contributed by atoms with E-state index in [1.807, 2.05) is 72.8 Å². The summed E-state index contributed by atoms with van der Waals surface area (Å²) in [6.07, 6.45) is 0.840. The standard InChI is InChI=1S/C23H18N4O2.CH5N/c24-17-9-6-16-13-25-23-20(14-28)22(26-27(23)21(16)12-17)15-7-10-19(11-8-15)29-18-4-2-1-3-5-18;1-2/h1-12,14,25H,13,24H2;2H2,1H3. The Morgan fingerprint density at radius 2 is 1.71 bits per heavy atom. The van der Waals surface area contributed by atoms with Crippen molar-refractivity contribution < 1.29 is 9.53 Å². The summed E-state index contributed by atoms with van der Waals surface area (Å²) in [4.78, 5) is 11.9. The van der Waals surface area contributed by atoms with Gasteiger partial charge in [0.25, 0.3) is 0 Å². The normalized spacial score (nSPS) is 11.3. The van der Waals surface area contributed by atoms with E-state index in [4.69, 9.17) is 15.6 Å². The smallest absolute Gasteiger partial charge is 0.156 e. The Bertz CT molecular complexity index is 1200. The van der Waals surface area contributed by atoms with Crippen molar-refractivity contribution in [1.82, 2.24) is 9.78 Å². The number of benzene rings is 3. The molecule has 7 heteroatoms. The zero-order valence-electron chi connectivity index (χ0n) is 17.1. The topological polar surface area (TPSA) is 108 Å². The molecular formula is C24H23N5O2. The number of anilines is 2. The van der Waals surface area contributed by atoms with Crippen LogP contribution in [0.1, 0.15) is 15.9 Å². The summed E-state index contributed by atoms with van der Waals surface area (Å²) >= 11 is 0. The SMILES string of the molecule is CN.Nc1ccc2c(c1)-n1nc(-c3ccc(Oc4ccccc4)cc3)c(C=O)c1NC2. The van der Waals surface area contributed by atoms with Crippen molar-refractivity contribution in [2.45, 2.75) is 6.54 Å². The molecule has 1 aliphatic heterocycles. The third-order valence-electron chi connectivity index (χ3n) is 4.93. The van der Waals surface area contributed by atoms with Gasteiger partial charge in [-0.1, -0.05) is 24.3 Å².